The van der Waals surface area contributed by atoms with Gasteiger partial charge in [-0.15, -0.1) is 0 Å². The zero-order valence-corrected chi connectivity index (χ0v) is 17.2. The van der Waals surface area contributed by atoms with Gasteiger partial charge in [-0.05, 0) is 50.3 Å². The Morgan fingerprint density at radius 1 is 1.38 bits per heavy atom. The highest BCUT2D eigenvalue weighted by Crippen LogP contribution is 2.36. The average molecular weight is 413 g/mol. The first kappa shape index (κ1) is 20.6. The summed E-state index contributed by atoms with van der Waals surface area (Å²) in [7, 11) is 1.51. The molecule has 1 aliphatic heterocycles. The van der Waals surface area contributed by atoms with Crippen molar-refractivity contribution < 1.29 is 19.0 Å². The summed E-state index contributed by atoms with van der Waals surface area (Å²) in [6.45, 7) is 4.34. The van der Waals surface area contributed by atoms with Gasteiger partial charge >= 0.3 is 0 Å². The van der Waals surface area contributed by atoms with E-state index in [2.05, 4.69) is 5.32 Å². The molecule has 0 fully saturated rings. The molecule has 2 aromatic carbocycles. The van der Waals surface area contributed by atoms with E-state index in [1.807, 2.05) is 26.0 Å². The third kappa shape index (κ3) is 4.64. The number of halogens is 1. The van der Waals surface area contributed by atoms with Crippen molar-refractivity contribution in [3.63, 3.8) is 0 Å². The summed E-state index contributed by atoms with van der Waals surface area (Å²) in [6, 6.07) is 10.5. The molecule has 1 heterocycles. The van der Waals surface area contributed by atoms with Crippen LogP contribution in [0.5, 0.6) is 17.2 Å². The Bertz CT molecular complexity index is 1010. The number of rotatable bonds is 6. The third-order valence-corrected chi connectivity index (χ3v) is 4.70. The van der Waals surface area contributed by atoms with Crippen LogP contribution in [0.1, 0.15) is 25.0 Å². The van der Waals surface area contributed by atoms with Crippen LogP contribution in [0.2, 0.25) is 5.02 Å². The number of fused-ring (bicyclic) bond motifs is 1. The van der Waals surface area contributed by atoms with Gasteiger partial charge < -0.3 is 19.5 Å². The number of hydrogen-bond donors (Lipinski definition) is 1. The molecule has 6 nitrogen and oxygen atoms in total. The van der Waals surface area contributed by atoms with E-state index in [9.17, 15) is 10.1 Å². The van der Waals surface area contributed by atoms with E-state index in [1.54, 1.807) is 24.3 Å². The van der Waals surface area contributed by atoms with Crippen molar-refractivity contribution in [3.8, 4) is 23.3 Å². The number of ether oxygens (including phenoxy) is 3. The molecule has 0 aliphatic carbocycles. The van der Waals surface area contributed by atoms with Crippen LogP contribution in [0.3, 0.4) is 0 Å². The van der Waals surface area contributed by atoms with E-state index in [-0.39, 0.29) is 11.7 Å². The Morgan fingerprint density at radius 2 is 2.17 bits per heavy atom. The van der Waals surface area contributed by atoms with Crippen LogP contribution in [0, 0.1) is 11.3 Å². The number of hydrogen-bond acceptors (Lipinski definition) is 5. The maximum Gasteiger partial charge on any atom is 0.266 e. The van der Waals surface area contributed by atoms with Crippen molar-refractivity contribution in [2.75, 3.05) is 19.0 Å². The maximum atomic E-state index is 12.6. The van der Waals surface area contributed by atoms with Gasteiger partial charge in [-0.1, -0.05) is 11.6 Å². The number of benzene rings is 2. The standard InChI is InChI=1S/C22H21ClN2O4/c1-4-28-20-9-14-7-13(2)29-21(14)10-15(20)8-16(12-24)22(26)25-17-5-6-19(27-3)18(23)11-17/h5-6,8-11,13H,4,7H2,1-3H3,(H,25,26)/b16-8+/t13-/m0/s1. The van der Waals surface area contributed by atoms with E-state index in [1.165, 1.54) is 13.2 Å². The van der Waals surface area contributed by atoms with Gasteiger partial charge in [-0.2, -0.15) is 5.26 Å². The molecule has 29 heavy (non-hydrogen) atoms. The minimum atomic E-state index is -0.550. The first-order valence-corrected chi connectivity index (χ1v) is 9.56. The number of carbonyl (C=O) groups excluding carboxylic acids is 1. The van der Waals surface area contributed by atoms with Crippen molar-refractivity contribution in [1.82, 2.24) is 0 Å². The molecule has 2 aromatic rings. The highest BCUT2D eigenvalue weighted by molar-refractivity contribution is 6.32. The fraction of sp³-hybridized carbons (Fsp3) is 0.273. The van der Waals surface area contributed by atoms with Crippen LogP contribution in [-0.4, -0.2) is 25.7 Å². The zero-order chi connectivity index (χ0) is 21.0. The minimum Gasteiger partial charge on any atom is -0.495 e. The average Bonchev–Trinajstić information content (AvgIpc) is 3.05. The Balaban J connectivity index is 1.89. The third-order valence-electron chi connectivity index (χ3n) is 4.40. The fourth-order valence-corrected chi connectivity index (χ4v) is 3.35. The molecule has 0 unspecified atom stereocenters. The van der Waals surface area contributed by atoms with Gasteiger partial charge in [0, 0.05) is 23.2 Å². The van der Waals surface area contributed by atoms with E-state index >= 15 is 0 Å². The van der Waals surface area contributed by atoms with E-state index in [0.29, 0.717) is 34.4 Å². The Hall–Kier alpha value is -3.17. The molecule has 1 atom stereocenters. The Morgan fingerprint density at radius 3 is 2.83 bits per heavy atom. The lowest BCUT2D eigenvalue weighted by molar-refractivity contribution is -0.112. The number of nitrogens with zero attached hydrogens (tertiary/aromatic N) is 1. The van der Waals surface area contributed by atoms with Crippen LogP contribution in [0.15, 0.2) is 35.9 Å². The smallest absolute Gasteiger partial charge is 0.266 e. The molecule has 0 radical (unpaired) electrons. The van der Waals surface area contributed by atoms with Crippen molar-refractivity contribution >= 4 is 29.3 Å². The second kappa shape index (κ2) is 8.89. The van der Waals surface area contributed by atoms with E-state index < -0.39 is 5.91 Å². The first-order chi connectivity index (χ1) is 13.9. The van der Waals surface area contributed by atoms with Gasteiger partial charge in [0.15, 0.2) is 0 Å². The molecule has 0 aromatic heterocycles. The van der Waals surface area contributed by atoms with E-state index in [4.69, 9.17) is 25.8 Å². The molecule has 0 saturated heterocycles. The summed E-state index contributed by atoms with van der Waals surface area (Å²) in [4.78, 5) is 12.6. The summed E-state index contributed by atoms with van der Waals surface area (Å²) in [5.41, 5.74) is 2.05. The molecule has 150 valence electrons. The van der Waals surface area contributed by atoms with Gasteiger partial charge in [-0.25, -0.2) is 0 Å². The normalized spacial score (nSPS) is 15.1. The monoisotopic (exact) mass is 412 g/mol. The number of amides is 1. The maximum absolute atomic E-state index is 12.6. The minimum absolute atomic E-state index is 0.0658. The number of nitriles is 1. The SMILES string of the molecule is CCOc1cc2c(cc1/C=C(\C#N)C(=O)Nc1ccc(OC)c(Cl)c1)O[C@@H](C)C2. The number of nitrogens with one attached hydrogen (secondary N) is 1. The van der Waals surface area contributed by atoms with Crippen LogP contribution >= 0.6 is 11.6 Å². The first-order valence-electron chi connectivity index (χ1n) is 9.18. The predicted molar refractivity (Wildman–Crippen MR) is 112 cm³/mol. The van der Waals surface area contributed by atoms with Crippen LogP contribution < -0.4 is 19.5 Å². The number of anilines is 1. The van der Waals surface area contributed by atoms with Crippen molar-refractivity contribution in [2.45, 2.75) is 26.4 Å². The lowest BCUT2D eigenvalue weighted by Crippen LogP contribution is -2.13. The molecule has 3 rings (SSSR count). The summed E-state index contributed by atoms with van der Waals surface area (Å²) in [5, 5.41) is 12.6. The number of methoxy groups -OCH3 is 1. The van der Waals surface area contributed by atoms with Crippen molar-refractivity contribution in [1.29, 1.82) is 5.26 Å². The predicted octanol–water partition coefficient (Wildman–Crippen LogP) is 4.62. The Labute approximate surface area is 174 Å². The van der Waals surface area contributed by atoms with Gasteiger partial charge in [0.25, 0.3) is 5.91 Å². The molecular weight excluding hydrogens is 392 g/mol. The summed E-state index contributed by atoms with van der Waals surface area (Å²) >= 11 is 6.09. The largest absolute Gasteiger partial charge is 0.495 e. The topological polar surface area (TPSA) is 80.6 Å². The highest BCUT2D eigenvalue weighted by atomic mass is 35.5. The van der Waals surface area contributed by atoms with Crippen molar-refractivity contribution in [2.24, 2.45) is 0 Å². The van der Waals surface area contributed by atoms with Gasteiger partial charge in [-0.3, -0.25) is 4.79 Å². The molecule has 0 bridgehead atoms. The van der Waals surface area contributed by atoms with Gasteiger partial charge in [0.2, 0.25) is 0 Å². The lowest BCUT2D eigenvalue weighted by Gasteiger charge is -2.11. The van der Waals surface area contributed by atoms with E-state index in [0.717, 1.165) is 17.7 Å². The highest BCUT2D eigenvalue weighted by Gasteiger charge is 2.22. The van der Waals surface area contributed by atoms with Gasteiger partial charge in [0.1, 0.15) is 35.0 Å². The summed E-state index contributed by atoms with van der Waals surface area (Å²) < 4.78 is 16.6. The summed E-state index contributed by atoms with van der Waals surface area (Å²) in [6.07, 6.45) is 2.37. The van der Waals surface area contributed by atoms with Crippen LogP contribution in [0.4, 0.5) is 5.69 Å². The second-order valence-electron chi connectivity index (χ2n) is 6.54. The second-order valence-corrected chi connectivity index (χ2v) is 6.94. The molecule has 0 spiro atoms. The zero-order valence-electron chi connectivity index (χ0n) is 16.4. The number of carbonyl (C=O) groups is 1. The quantitative estimate of drug-likeness (QED) is 0.553. The molecule has 7 heteroatoms. The molecule has 0 saturated carbocycles. The fourth-order valence-electron chi connectivity index (χ4n) is 3.10. The van der Waals surface area contributed by atoms with Gasteiger partial charge in [0.05, 0.1) is 18.7 Å². The Kier molecular flexibility index (Phi) is 6.30. The molecule has 1 aliphatic rings. The molecule has 1 amide bonds. The van der Waals surface area contributed by atoms with Crippen LogP contribution in [0.25, 0.3) is 6.08 Å². The molecular formula is C22H21ClN2O4. The molecule has 1 N–H and O–H groups in total. The summed E-state index contributed by atoms with van der Waals surface area (Å²) in [5.74, 6) is 1.30. The van der Waals surface area contributed by atoms with Crippen LogP contribution in [-0.2, 0) is 11.2 Å². The lowest BCUT2D eigenvalue weighted by atomic mass is 10.0. The van der Waals surface area contributed by atoms with Crippen molar-refractivity contribution in [3.05, 3.63) is 52.1 Å².